The van der Waals surface area contributed by atoms with Crippen molar-refractivity contribution in [2.45, 2.75) is 36.7 Å². The van der Waals surface area contributed by atoms with E-state index in [1.807, 2.05) is 24.3 Å². The van der Waals surface area contributed by atoms with Gasteiger partial charge in [0.15, 0.2) is 9.84 Å². The minimum absolute atomic E-state index is 0.0326. The normalized spacial score (nSPS) is 35.2. The molecule has 1 aromatic carbocycles. The molecule has 1 aromatic rings. The molecule has 2 aliphatic rings. The molecule has 5 heteroatoms. The topological polar surface area (TPSA) is 78.2 Å². The highest BCUT2D eigenvalue weighted by molar-refractivity contribution is 7.91. The van der Waals surface area contributed by atoms with Crippen LogP contribution in [0.25, 0.3) is 0 Å². The number of fused-ring (bicyclic) bond motifs is 1. The van der Waals surface area contributed by atoms with Crippen molar-refractivity contribution in [1.29, 1.82) is 5.26 Å². The number of nitrogens with zero attached hydrogens (tertiary/aromatic N) is 1. The largest absolute Gasteiger partial charge is 0.387 e. The van der Waals surface area contributed by atoms with Crippen molar-refractivity contribution in [3.63, 3.8) is 0 Å². The molecule has 0 bridgehead atoms. The van der Waals surface area contributed by atoms with Gasteiger partial charge in [-0.05, 0) is 36.8 Å². The second-order valence-electron chi connectivity index (χ2n) is 5.90. The Kier molecular flexibility index (Phi) is 2.93. The predicted octanol–water partition coefficient (Wildman–Crippen LogP) is 1.33. The molecule has 0 aromatic heterocycles. The van der Waals surface area contributed by atoms with Crippen molar-refractivity contribution in [2.24, 2.45) is 0 Å². The zero-order valence-electron chi connectivity index (χ0n) is 11.2. The lowest BCUT2D eigenvalue weighted by atomic mass is 9.61. The molecule has 1 N–H and O–H groups in total. The molecule has 2 atom stereocenters. The molecule has 1 saturated heterocycles. The molecule has 4 nitrogen and oxygen atoms in total. The Morgan fingerprint density at radius 1 is 1.25 bits per heavy atom. The monoisotopic (exact) mass is 291 g/mol. The summed E-state index contributed by atoms with van der Waals surface area (Å²) in [6, 6.07) is 9.88. The van der Waals surface area contributed by atoms with Crippen LogP contribution >= 0.6 is 0 Å². The molecule has 1 aliphatic carbocycles. The number of aryl methyl sites for hydroxylation is 1. The first-order valence-electron chi connectivity index (χ1n) is 6.85. The molecule has 3 rings (SSSR count). The van der Waals surface area contributed by atoms with Gasteiger partial charge in [-0.3, -0.25) is 0 Å². The fourth-order valence-corrected chi connectivity index (χ4v) is 5.62. The van der Waals surface area contributed by atoms with Crippen LogP contribution < -0.4 is 0 Å². The standard InChI is InChI=1S/C15H17NO3S/c16-10-14(15(17)8-9-20(18,19)11-15)7-3-5-12-4-1-2-6-13(12)14/h1-2,4,6,17H,3,5,7-9,11H2. The van der Waals surface area contributed by atoms with Gasteiger partial charge in [-0.25, -0.2) is 8.42 Å². The lowest BCUT2D eigenvalue weighted by Crippen LogP contribution is -2.53. The van der Waals surface area contributed by atoms with Crippen molar-refractivity contribution < 1.29 is 13.5 Å². The van der Waals surface area contributed by atoms with E-state index in [1.54, 1.807) is 0 Å². The van der Waals surface area contributed by atoms with Crippen LogP contribution in [0, 0.1) is 11.3 Å². The van der Waals surface area contributed by atoms with Gasteiger partial charge in [0.2, 0.25) is 0 Å². The lowest BCUT2D eigenvalue weighted by molar-refractivity contribution is 0.000180. The van der Waals surface area contributed by atoms with Gasteiger partial charge in [0, 0.05) is 0 Å². The van der Waals surface area contributed by atoms with Crippen molar-refractivity contribution in [3.05, 3.63) is 35.4 Å². The Morgan fingerprint density at radius 3 is 2.65 bits per heavy atom. The van der Waals surface area contributed by atoms with Crippen molar-refractivity contribution in [1.82, 2.24) is 0 Å². The van der Waals surface area contributed by atoms with E-state index in [4.69, 9.17) is 0 Å². The number of aliphatic hydroxyl groups is 1. The van der Waals surface area contributed by atoms with Crippen LogP contribution in [0.15, 0.2) is 24.3 Å². The van der Waals surface area contributed by atoms with E-state index in [0.717, 1.165) is 24.0 Å². The average molecular weight is 291 g/mol. The summed E-state index contributed by atoms with van der Waals surface area (Å²) >= 11 is 0. The van der Waals surface area contributed by atoms with Crippen molar-refractivity contribution >= 4 is 9.84 Å². The molecule has 1 aliphatic heterocycles. The highest BCUT2D eigenvalue weighted by atomic mass is 32.2. The van der Waals surface area contributed by atoms with E-state index in [-0.39, 0.29) is 17.9 Å². The summed E-state index contributed by atoms with van der Waals surface area (Å²) in [4.78, 5) is 0. The van der Waals surface area contributed by atoms with E-state index in [2.05, 4.69) is 6.07 Å². The van der Waals surface area contributed by atoms with Gasteiger partial charge >= 0.3 is 0 Å². The first-order chi connectivity index (χ1) is 9.43. The van der Waals surface area contributed by atoms with Gasteiger partial charge in [-0.15, -0.1) is 0 Å². The van der Waals surface area contributed by atoms with E-state index in [0.29, 0.717) is 6.42 Å². The molecule has 1 fully saturated rings. The van der Waals surface area contributed by atoms with Crippen LogP contribution in [0.2, 0.25) is 0 Å². The smallest absolute Gasteiger partial charge is 0.153 e. The summed E-state index contributed by atoms with van der Waals surface area (Å²) in [6.45, 7) is 0. The summed E-state index contributed by atoms with van der Waals surface area (Å²) in [6.07, 6.45) is 2.35. The zero-order chi connectivity index (χ0) is 14.4. The zero-order valence-corrected chi connectivity index (χ0v) is 12.0. The van der Waals surface area contributed by atoms with E-state index >= 15 is 0 Å². The summed E-state index contributed by atoms with van der Waals surface area (Å²) < 4.78 is 23.6. The number of hydrogen-bond donors (Lipinski definition) is 1. The molecular formula is C15H17NO3S. The number of rotatable bonds is 1. The molecular weight excluding hydrogens is 274 g/mol. The van der Waals surface area contributed by atoms with E-state index < -0.39 is 20.9 Å². The SMILES string of the molecule is N#CC1(C2(O)CCS(=O)(=O)C2)CCCc2ccccc21. The Morgan fingerprint density at radius 2 is 2.00 bits per heavy atom. The lowest BCUT2D eigenvalue weighted by Gasteiger charge is -2.43. The maximum absolute atomic E-state index is 11.8. The second-order valence-corrected chi connectivity index (χ2v) is 8.09. The molecule has 1 heterocycles. The number of sulfone groups is 1. The third kappa shape index (κ3) is 1.79. The van der Waals surface area contributed by atoms with E-state index in [9.17, 15) is 18.8 Å². The Bertz CT molecular complexity index is 691. The number of nitriles is 1. The molecule has 20 heavy (non-hydrogen) atoms. The number of hydrogen-bond acceptors (Lipinski definition) is 4. The highest BCUT2D eigenvalue weighted by Gasteiger charge is 2.58. The fraction of sp³-hybridized carbons (Fsp3) is 0.533. The van der Waals surface area contributed by atoms with Crippen molar-refractivity contribution in [2.75, 3.05) is 11.5 Å². The Hall–Kier alpha value is -1.38. The molecule has 0 radical (unpaired) electrons. The van der Waals surface area contributed by atoms with Crippen LogP contribution in [-0.2, 0) is 21.7 Å². The van der Waals surface area contributed by atoms with Crippen LogP contribution in [-0.4, -0.2) is 30.6 Å². The van der Waals surface area contributed by atoms with Crippen molar-refractivity contribution in [3.8, 4) is 6.07 Å². The van der Waals surface area contributed by atoms with E-state index in [1.165, 1.54) is 0 Å². The van der Waals surface area contributed by atoms with Gasteiger partial charge in [0.05, 0.1) is 17.6 Å². The summed E-state index contributed by atoms with van der Waals surface area (Å²) in [5.41, 5.74) is -0.686. The minimum atomic E-state index is -3.26. The molecule has 0 saturated carbocycles. The average Bonchev–Trinajstić information content (AvgIpc) is 2.73. The third-order valence-electron chi connectivity index (χ3n) is 4.75. The Labute approximate surface area is 119 Å². The minimum Gasteiger partial charge on any atom is -0.387 e. The summed E-state index contributed by atoms with van der Waals surface area (Å²) in [5, 5.41) is 20.7. The molecule has 0 amide bonds. The predicted molar refractivity (Wildman–Crippen MR) is 74.9 cm³/mol. The molecule has 2 unspecified atom stereocenters. The van der Waals surface area contributed by atoms with Crippen LogP contribution in [0.4, 0.5) is 0 Å². The maximum atomic E-state index is 11.8. The molecule has 106 valence electrons. The van der Waals surface area contributed by atoms with Crippen LogP contribution in [0.5, 0.6) is 0 Å². The quantitative estimate of drug-likeness (QED) is 0.847. The fourth-order valence-electron chi connectivity index (χ4n) is 3.71. The first-order valence-corrected chi connectivity index (χ1v) is 8.67. The second kappa shape index (κ2) is 4.31. The van der Waals surface area contributed by atoms with Gasteiger partial charge in [-0.2, -0.15) is 5.26 Å². The molecule has 0 spiro atoms. The first kappa shape index (κ1) is 13.6. The van der Waals surface area contributed by atoms with Gasteiger partial charge in [0.1, 0.15) is 11.0 Å². The summed E-state index contributed by atoms with van der Waals surface area (Å²) in [5.74, 6) is -0.336. The summed E-state index contributed by atoms with van der Waals surface area (Å²) in [7, 11) is -3.26. The van der Waals surface area contributed by atoms with Crippen LogP contribution in [0.1, 0.15) is 30.4 Å². The maximum Gasteiger partial charge on any atom is 0.153 e. The van der Waals surface area contributed by atoms with Gasteiger partial charge < -0.3 is 5.11 Å². The number of benzene rings is 1. The van der Waals surface area contributed by atoms with Crippen LogP contribution in [0.3, 0.4) is 0 Å². The van der Waals surface area contributed by atoms with Gasteiger partial charge in [0.25, 0.3) is 0 Å². The Balaban J connectivity index is 2.18. The van der Waals surface area contributed by atoms with Gasteiger partial charge in [-0.1, -0.05) is 24.3 Å². The highest BCUT2D eigenvalue weighted by Crippen LogP contribution is 2.48. The third-order valence-corrected chi connectivity index (χ3v) is 6.49.